The molecule has 0 bridgehead atoms. The Labute approximate surface area is 215 Å². The zero-order valence-electron chi connectivity index (χ0n) is 19.8. The van der Waals surface area contributed by atoms with Gasteiger partial charge in [-0.05, 0) is 42.7 Å². The molecule has 0 saturated heterocycles. The van der Waals surface area contributed by atoms with Gasteiger partial charge in [-0.2, -0.15) is 4.98 Å². The Balaban J connectivity index is 1.43. The Morgan fingerprint density at radius 2 is 1.89 bits per heavy atom. The number of ether oxygens (including phenoxy) is 2. The van der Waals surface area contributed by atoms with Gasteiger partial charge in [0.05, 0.1) is 18.5 Å². The monoisotopic (exact) mass is 530 g/mol. The Hall–Kier alpha value is -3.99. The quantitative estimate of drug-likeness (QED) is 0.299. The highest BCUT2D eigenvalue weighted by atomic mass is 35.5. The molecule has 5 rings (SSSR count). The van der Waals surface area contributed by atoms with Crippen LogP contribution in [0.2, 0.25) is 5.15 Å². The fourth-order valence-corrected chi connectivity index (χ4v) is 4.63. The van der Waals surface area contributed by atoms with Crippen molar-refractivity contribution >= 4 is 29.1 Å². The standard InChI is InChI=1S/C25H22ClF3N6O2/c1-30-23-18-9-8-17(14-3-6-16(7-4-14)37-25(27,28)29)22(18)33-24(34-23)32-15-5-10-19(20(11-15)36-2)35-12-21(26)31-13-35/h3-7,10-13,17H,8-9H2,1-2H3,(H2,30,32,33,34)/t17-/m0/s1. The molecule has 8 nitrogen and oxygen atoms in total. The van der Waals surface area contributed by atoms with E-state index in [-0.39, 0.29) is 11.7 Å². The number of alkyl halides is 3. The number of hydrogen-bond acceptors (Lipinski definition) is 7. The lowest BCUT2D eigenvalue weighted by Gasteiger charge is -2.16. The van der Waals surface area contributed by atoms with E-state index >= 15 is 0 Å². The molecule has 0 radical (unpaired) electrons. The van der Waals surface area contributed by atoms with Crippen molar-refractivity contribution in [2.24, 2.45) is 0 Å². The summed E-state index contributed by atoms with van der Waals surface area (Å²) in [6.45, 7) is 0. The highest BCUT2D eigenvalue weighted by Gasteiger charge is 2.32. The number of anilines is 3. The molecule has 2 aromatic heterocycles. The molecule has 1 atom stereocenters. The second kappa shape index (κ2) is 9.81. The third-order valence-electron chi connectivity index (χ3n) is 6.07. The summed E-state index contributed by atoms with van der Waals surface area (Å²) < 4.78 is 48.9. The molecule has 37 heavy (non-hydrogen) atoms. The van der Waals surface area contributed by atoms with Gasteiger partial charge in [0, 0.05) is 36.5 Å². The van der Waals surface area contributed by atoms with Crippen LogP contribution in [0.3, 0.4) is 0 Å². The van der Waals surface area contributed by atoms with Crippen molar-refractivity contribution in [3.8, 4) is 17.2 Å². The smallest absolute Gasteiger partial charge is 0.494 e. The van der Waals surface area contributed by atoms with Gasteiger partial charge < -0.3 is 24.7 Å². The molecular formula is C25H22ClF3N6O2. The van der Waals surface area contributed by atoms with Crippen LogP contribution in [-0.4, -0.2) is 40.0 Å². The van der Waals surface area contributed by atoms with Crippen LogP contribution in [0, 0.1) is 0 Å². The highest BCUT2D eigenvalue weighted by Crippen LogP contribution is 2.41. The van der Waals surface area contributed by atoms with E-state index in [9.17, 15) is 13.2 Å². The fraction of sp³-hybridized carbons (Fsp3) is 0.240. The summed E-state index contributed by atoms with van der Waals surface area (Å²) >= 11 is 5.95. The maximum Gasteiger partial charge on any atom is 0.573 e. The predicted molar refractivity (Wildman–Crippen MR) is 133 cm³/mol. The Morgan fingerprint density at radius 3 is 2.54 bits per heavy atom. The van der Waals surface area contributed by atoms with Gasteiger partial charge in [-0.1, -0.05) is 23.7 Å². The van der Waals surface area contributed by atoms with E-state index in [1.165, 1.54) is 12.1 Å². The zero-order chi connectivity index (χ0) is 26.2. The lowest BCUT2D eigenvalue weighted by molar-refractivity contribution is -0.274. The molecule has 1 aliphatic carbocycles. The number of nitrogens with one attached hydrogen (secondary N) is 2. The summed E-state index contributed by atoms with van der Waals surface area (Å²) in [5.74, 6) is 1.32. The van der Waals surface area contributed by atoms with Crippen LogP contribution in [0.5, 0.6) is 11.5 Å². The van der Waals surface area contributed by atoms with Crippen molar-refractivity contribution in [2.75, 3.05) is 24.8 Å². The van der Waals surface area contributed by atoms with E-state index in [1.807, 2.05) is 18.2 Å². The summed E-state index contributed by atoms with van der Waals surface area (Å²) in [6.07, 6.45) is 0.0454. The average molecular weight is 531 g/mol. The second-order valence-electron chi connectivity index (χ2n) is 8.33. The van der Waals surface area contributed by atoms with Gasteiger partial charge >= 0.3 is 6.36 Å². The summed E-state index contributed by atoms with van der Waals surface area (Å²) in [5.41, 5.74) is 4.12. The van der Waals surface area contributed by atoms with Crippen LogP contribution >= 0.6 is 11.6 Å². The van der Waals surface area contributed by atoms with Gasteiger partial charge in [0.15, 0.2) is 0 Å². The molecule has 2 aromatic carbocycles. The number of methoxy groups -OCH3 is 1. The van der Waals surface area contributed by atoms with Crippen LogP contribution in [0.4, 0.5) is 30.6 Å². The van der Waals surface area contributed by atoms with E-state index < -0.39 is 6.36 Å². The van der Waals surface area contributed by atoms with Gasteiger partial charge in [0.25, 0.3) is 0 Å². The Morgan fingerprint density at radius 1 is 1.11 bits per heavy atom. The van der Waals surface area contributed by atoms with Crippen LogP contribution < -0.4 is 20.1 Å². The van der Waals surface area contributed by atoms with Gasteiger partial charge in [-0.25, -0.2) is 9.97 Å². The molecule has 0 saturated carbocycles. The number of nitrogens with zero attached hydrogens (tertiary/aromatic N) is 4. The Bertz CT molecular complexity index is 1430. The minimum Gasteiger partial charge on any atom is -0.494 e. The Kier molecular flexibility index (Phi) is 6.55. The molecule has 0 aliphatic heterocycles. The highest BCUT2D eigenvalue weighted by molar-refractivity contribution is 6.29. The molecule has 12 heteroatoms. The van der Waals surface area contributed by atoms with Gasteiger partial charge in [-0.15, -0.1) is 13.2 Å². The molecule has 4 aromatic rings. The van der Waals surface area contributed by atoms with Crippen molar-refractivity contribution in [3.05, 3.63) is 77.0 Å². The normalized spacial score (nSPS) is 14.8. The molecular weight excluding hydrogens is 509 g/mol. The number of fused-ring (bicyclic) bond motifs is 1. The average Bonchev–Trinajstić information content (AvgIpc) is 3.49. The van der Waals surface area contributed by atoms with Gasteiger partial charge in [0.1, 0.15) is 28.8 Å². The summed E-state index contributed by atoms with van der Waals surface area (Å²) in [4.78, 5) is 13.5. The lowest BCUT2D eigenvalue weighted by atomic mass is 9.96. The SMILES string of the molecule is CNc1nc(Nc2ccc(-n3cnc(Cl)c3)c(OC)c2)nc2c1CC[C@H]2c1ccc(OC(F)(F)F)cc1. The first-order valence-electron chi connectivity index (χ1n) is 11.3. The topological polar surface area (TPSA) is 86.1 Å². The van der Waals surface area contributed by atoms with Gasteiger partial charge in [-0.3, -0.25) is 0 Å². The van der Waals surface area contributed by atoms with Crippen molar-refractivity contribution in [1.82, 2.24) is 19.5 Å². The maximum atomic E-state index is 12.5. The molecule has 192 valence electrons. The number of rotatable bonds is 7. The minimum atomic E-state index is -4.73. The van der Waals surface area contributed by atoms with Crippen LogP contribution in [0.1, 0.15) is 29.2 Å². The van der Waals surface area contributed by atoms with Crippen molar-refractivity contribution < 1.29 is 22.6 Å². The number of halogens is 4. The summed E-state index contributed by atoms with van der Waals surface area (Å²) in [7, 11) is 3.36. The van der Waals surface area contributed by atoms with Crippen molar-refractivity contribution in [2.45, 2.75) is 25.1 Å². The second-order valence-corrected chi connectivity index (χ2v) is 8.72. The first-order chi connectivity index (χ1) is 17.7. The predicted octanol–water partition coefficient (Wildman–Crippen LogP) is 6.09. The first kappa shape index (κ1) is 24.7. The third kappa shape index (κ3) is 5.26. The molecule has 2 heterocycles. The maximum absolute atomic E-state index is 12.5. The van der Waals surface area contributed by atoms with Crippen LogP contribution in [0.25, 0.3) is 5.69 Å². The lowest BCUT2D eigenvalue weighted by Crippen LogP contribution is -2.17. The molecule has 0 fully saturated rings. The summed E-state index contributed by atoms with van der Waals surface area (Å²) in [5, 5.41) is 6.74. The molecule has 0 spiro atoms. The molecule has 0 unspecified atom stereocenters. The van der Waals surface area contributed by atoms with E-state index in [0.29, 0.717) is 28.4 Å². The van der Waals surface area contributed by atoms with Crippen LogP contribution in [0.15, 0.2) is 55.0 Å². The van der Waals surface area contributed by atoms with E-state index in [1.54, 1.807) is 43.4 Å². The fourth-order valence-electron chi connectivity index (χ4n) is 4.48. The van der Waals surface area contributed by atoms with Crippen LogP contribution in [-0.2, 0) is 6.42 Å². The van der Waals surface area contributed by atoms with Crippen molar-refractivity contribution in [3.63, 3.8) is 0 Å². The largest absolute Gasteiger partial charge is 0.573 e. The number of aromatic nitrogens is 4. The number of imidazole rings is 1. The zero-order valence-corrected chi connectivity index (χ0v) is 20.6. The summed E-state index contributed by atoms with van der Waals surface area (Å²) in [6, 6.07) is 11.5. The third-order valence-corrected chi connectivity index (χ3v) is 6.27. The molecule has 1 aliphatic rings. The minimum absolute atomic E-state index is 0.0894. The van der Waals surface area contributed by atoms with Gasteiger partial charge in [0.2, 0.25) is 5.95 Å². The molecule has 0 amide bonds. The number of benzene rings is 2. The van der Waals surface area contributed by atoms with E-state index in [4.69, 9.17) is 21.3 Å². The molecule has 2 N–H and O–H groups in total. The first-order valence-corrected chi connectivity index (χ1v) is 11.7. The van der Waals surface area contributed by atoms with Crippen molar-refractivity contribution in [1.29, 1.82) is 0 Å². The number of hydrogen-bond donors (Lipinski definition) is 2. The van der Waals surface area contributed by atoms with E-state index in [0.717, 1.165) is 35.3 Å². The van der Waals surface area contributed by atoms with E-state index in [2.05, 4.69) is 25.3 Å².